The van der Waals surface area contributed by atoms with Crippen LogP contribution in [0.2, 0.25) is 0 Å². The minimum Gasteiger partial charge on any atom is -0.443 e. The normalized spacial score (nSPS) is 14.6. The number of amides is 2. The molecule has 1 aliphatic heterocycles. The summed E-state index contributed by atoms with van der Waals surface area (Å²) in [6.07, 6.45) is 2.92. The molecule has 160 valence electrons. The second kappa shape index (κ2) is 8.63. The van der Waals surface area contributed by atoms with Crippen molar-refractivity contribution < 1.29 is 14.3 Å². The van der Waals surface area contributed by atoms with Gasteiger partial charge in [-0.3, -0.25) is 9.69 Å². The summed E-state index contributed by atoms with van der Waals surface area (Å²) in [5.41, 5.74) is 8.51. The summed E-state index contributed by atoms with van der Waals surface area (Å²) in [5.74, 6) is -0.266. The van der Waals surface area contributed by atoms with Gasteiger partial charge in [0.05, 0.1) is 17.3 Å². The fourth-order valence-corrected chi connectivity index (χ4v) is 3.68. The van der Waals surface area contributed by atoms with Crippen molar-refractivity contribution in [2.75, 3.05) is 22.5 Å². The van der Waals surface area contributed by atoms with Crippen LogP contribution in [0.5, 0.6) is 0 Å². The van der Waals surface area contributed by atoms with Gasteiger partial charge in [0.1, 0.15) is 5.60 Å². The Kier molecular flexibility index (Phi) is 6.36. The lowest BCUT2D eigenvalue weighted by Crippen LogP contribution is -2.39. The Morgan fingerprint density at radius 2 is 2.03 bits per heavy atom. The Morgan fingerprint density at radius 1 is 1.30 bits per heavy atom. The minimum absolute atomic E-state index is 0.198. The van der Waals surface area contributed by atoms with E-state index in [9.17, 15) is 9.59 Å². The molecule has 0 bridgehead atoms. The van der Waals surface area contributed by atoms with Crippen molar-refractivity contribution in [3.63, 3.8) is 0 Å². The third-order valence-electron chi connectivity index (χ3n) is 4.85. The van der Waals surface area contributed by atoms with Gasteiger partial charge in [0, 0.05) is 17.2 Å². The number of hydrogen-bond donors (Lipinski definition) is 2. The van der Waals surface area contributed by atoms with Crippen molar-refractivity contribution >= 4 is 45.1 Å². The van der Waals surface area contributed by atoms with Gasteiger partial charge in [0.25, 0.3) is 0 Å². The number of benzene rings is 1. The topological polar surface area (TPSA) is 97.5 Å². The number of ether oxygens (including phenoxy) is 1. The third-order valence-corrected chi connectivity index (χ3v) is 5.29. The number of nitrogens with two attached hydrogens (primary N) is 1. The maximum absolute atomic E-state index is 12.7. The summed E-state index contributed by atoms with van der Waals surface area (Å²) in [5, 5.41) is 2.79. The zero-order valence-electron chi connectivity index (χ0n) is 17.7. The van der Waals surface area contributed by atoms with E-state index in [0.717, 1.165) is 34.1 Å². The maximum Gasteiger partial charge on any atom is 0.414 e. The number of carbonyl (C=O) groups is 2. The minimum atomic E-state index is -0.551. The van der Waals surface area contributed by atoms with Crippen LogP contribution in [0.1, 0.15) is 51.2 Å². The Balaban J connectivity index is 1.78. The molecule has 0 aliphatic carbocycles. The molecule has 1 unspecified atom stereocenters. The summed E-state index contributed by atoms with van der Waals surface area (Å²) < 4.78 is 6.28. The molecule has 3 N–H and O–H groups in total. The average Bonchev–Trinajstić information content (AvgIpc) is 2.67. The molecule has 1 aliphatic rings. The van der Waals surface area contributed by atoms with E-state index >= 15 is 0 Å². The standard InChI is InChI=1S/C22H27BrN4O3/c1-13(20(28)26-19-17(24)11-16(23)12-25-19)14-7-8-18-15(10-14)6-5-9-27(18)21(29)30-22(2,3)4/h7-8,10-13H,5-6,9,24H2,1-4H3,(H,25,26,28). The quantitative estimate of drug-likeness (QED) is 0.661. The van der Waals surface area contributed by atoms with E-state index in [1.54, 1.807) is 17.2 Å². The first-order valence-corrected chi connectivity index (χ1v) is 10.7. The average molecular weight is 475 g/mol. The number of rotatable bonds is 3. The van der Waals surface area contributed by atoms with Crippen molar-refractivity contribution in [2.24, 2.45) is 0 Å². The van der Waals surface area contributed by atoms with Crippen LogP contribution in [0.15, 0.2) is 34.9 Å². The largest absolute Gasteiger partial charge is 0.443 e. The van der Waals surface area contributed by atoms with E-state index in [4.69, 9.17) is 10.5 Å². The maximum atomic E-state index is 12.7. The Labute approximate surface area is 185 Å². The lowest BCUT2D eigenvalue weighted by atomic mass is 9.93. The highest BCUT2D eigenvalue weighted by atomic mass is 79.9. The van der Waals surface area contributed by atoms with E-state index in [-0.39, 0.29) is 12.0 Å². The third kappa shape index (κ3) is 5.11. The first kappa shape index (κ1) is 22.1. The van der Waals surface area contributed by atoms with Gasteiger partial charge in [-0.1, -0.05) is 12.1 Å². The molecule has 2 heterocycles. The smallest absolute Gasteiger partial charge is 0.414 e. The van der Waals surface area contributed by atoms with Crippen LogP contribution >= 0.6 is 15.9 Å². The number of aryl methyl sites for hydroxylation is 1. The number of nitrogen functional groups attached to an aromatic ring is 1. The number of halogens is 1. The van der Waals surface area contributed by atoms with Crippen molar-refractivity contribution in [3.05, 3.63) is 46.1 Å². The SMILES string of the molecule is CC(C(=O)Nc1ncc(Br)cc1N)c1ccc2c(c1)CCCN2C(=O)OC(C)(C)C. The number of hydrogen-bond acceptors (Lipinski definition) is 5. The molecular weight excluding hydrogens is 448 g/mol. The Hall–Kier alpha value is -2.61. The predicted octanol–water partition coefficient (Wildman–Crippen LogP) is 4.86. The van der Waals surface area contributed by atoms with Crippen LogP contribution in [0.4, 0.5) is 22.0 Å². The highest BCUT2D eigenvalue weighted by Crippen LogP contribution is 2.32. The molecule has 30 heavy (non-hydrogen) atoms. The molecule has 1 atom stereocenters. The molecule has 0 saturated carbocycles. The Morgan fingerprint density at radius 3 is 2.70 bits per heavy atom. The van der Waals surface area contributed by atoms with Crippen LogP contribution in [-0.2, 0) is 16.0 Å². The lowest BCUT2D eigenvalue weighted by molar-refractivity contribution is -0.117. The van der Waals surface area contributed by atoms with Gasteiger partial charge in [-0.15, -0.1) is 0 Å². The van der Waals surface area contributed by atoms with Crippen molar-refractivity contribution in [3.8, 4) is 0 Å². The number of nitrogens with zero attached hydrogens (tertiary/aromatic N) is 2. The van der Waals surface area contributed by atoms with Gasteiger partial charge in [-0.2, -0.15) is 0 Å². The summed E-state index contributed by atoms with van der Waals surface area (Å²) in [7, 11) is 0. The van der Waals surface area contributed by atoms with E-state index < -0.39 is 11.5 Å². The summed E-state index contributed by atoms with van der Waals surface area (Å²) in [6, 6.07) is 7.46. The molecule has 0 radical (unpaired) electrons. The van der Waals surface area contributed by atoms with Gasteiger partial charge in [-0.25, -0.2) is 9.78 Å². The molecule has 0 spiro atoms. The molecule has 0 saturated heterocycles. The van der Waals surface area contributed by atoms with Gasteiger partial charge < -0.3 is 15.8 Å². The molecule has 8 heteroatoms. The van der Waals surface area contributed by atoms with E-state index in [1.807, 2.05) is 45.9 Å². The number of anilines is 3. The molecule has 1 aromatic carbocycles. The Bertz CT molecular complexity index is 971. The molecule has 2 aromatic rings. The van der Waals surface area contributed by atoms with Crippen LogP contribution < -0.4 is 16.0 Å². The summed E-state index contributed by atoms with van der Waals surface area (Å²) in [4.78, 5) is 31.2. The highest BCUT2D eigenvalue weighted by Gasteiger charge is 2.28. The number of pyridine rings is 1. The predicted molar refractivity (Wildman–Crippen MR) is 122 cm³/mol. The van der Waals surface area contributed by atoms with Gasteiger partial charge in [0.2, 0.25) is 5.91 Å². The van der Waals surface area contributed by atoms with Crippen LogP contribution in [0, 0.1) is 0 Å². The van der Waals surface area contributed by atoms with Crippen molar-refractivity contribution in [1.29, 1.82) is 0 Å². The van der Waals surface area contributed by atoms with Crippen LogP contribution in [0.3, 0.4) is 0 Å². The molecule has 1 aromatic heterocycles. The second-order valence-electron chi connectivity index (χ2n) is 8.43. The number of nitrogens with one attached hydrogen (secondary N) is 1. The van der Waals surface area contributed by atoms with Gasteiger partial charge in [-0.05, 0) is 79.7 Å². The fraction of sp³-hybridized carbons (Fsp3) is 0.409. The first-order chi connectivity index (χ1) is 14.0. The van der Waals surface area contributed by atoms with E-state index in [0.29, 0.717) is 18.1 Å². The zero-order chi connectivity index (χ0) is 22.1. The molecule has 3 rings (SSSR count). The monoisotopic (exact) mass is 474 g/mol. The second-order valence-corrected chi connectivity index (χ2v) is 9.34. The number of aromatic nitrogens is 1. The fourth-order valence-electron chi connectivity index (χ4n) is 3.33. The molecule has 7 nitrogen and oxygen atoms in total. The van der Waals surface area contributed by atoms with Gasteiger partial charge >= 0.3 is 6.09 Å². The lowest BCUT2D eigenvalue weighted by Gasteiger charge is -2.32. The molecule has 2 amide bonds. The first-order valence-electron chi connectivity index (χ1n) is 9.90. The highest BCUT2D eigenvalue weighted by molar-refractivity contribution is 9.10. The van der Waals surface area contributed by atoms with E-state index in [1.165, 1.54) is 0 Å². The number of carbonyl (C=O) groups excluding carboxylic acids is 2. The zero-order valence-corrected chi connectivity index (χ0v) is 19.2. The molecule has 0 fully saturated rings. The molecular formula is C22H27BrN4O3. The summed E-state index contributed by atoms with van der Waals surface area (Å²) >= 11 is 3.30. The van der Waals surface area contributed by atoms with Crippen molar-refractivity contribution in [2.45, 2.75) is 52.1 Å². The van der Waals surface area contributed by atoms with E-state index in [2.05, 4.69) is 26.2 Å². The van der Waals surface area contributed by atoms with Gasteiger partial charge in [0.15, 0.2) is 5.82 Å². The number of fused-ring (bicyclic) bond motifs is 1. The summed E-state index contributed by atoms with van der Waals surface area (Å²) in [6.45, 7) is 8.01. The van der Waals surface area contributed by atoms with Crippen molar-refractivity contribution in [1.82, 2.24) is 4.98 Å². The van der Waals surface area contributed by atoms with Crippen LogP contribution in [-0.4, -0.2) is 29.1 Å². The van der Waals surface area contributed by atoms with Crippen LogP contribution in [0.25, 0.3) is 0 Å².